The van der Waals surface area contributed by atoms with Gasteiger partial charge >= 0.3 is 0 Å². The summed E-state index contributed by atoms with van der Waals surface area (Å²) >= 11 is 0. The van der Waals surface area contributed by atoms with Crippen LogP contribution in [0.25, 0.3) is 0 Å². The van der Waals surface area contributed by atoms with E-state index in [9.17, 15) is 0 Å². The van der Waals surface area contributed by atoms with Gasteiger partial charge in [0, 0.05) is 25.7 Å². The summed E-state index contributed by atoms with van der Waals surface area (Å²) in [7, 11) is 0. The van der Waals surface area contributed by atoms with E-state index in [2.05, 4.69) is 56.9 Å². The molecule has 0 bridgehead atoms. The van der Waals surface area contributed by atoms with E-state index in [-0.39, 0.29) is 6.04 Å². The highest BCUT2D eigenvalue weighted by Gasteiger charge is 2.08. The Hall–Kier alpha value is -2.49. The van der Waals surface area contributed by atoms with Crippen LogP contribution in [0, 0.1) is 0 Å². The van der Waals surface area contributed by atoms with Crippen molar-refractivity contribution in [2.75, 3.05) is 62.0 Å². The Morgan fingerprint density at radius 3 is 2.17 bits per heavy atom. The largest absolute Gasteiger partial charge is 0.378 e. The first-order valence-electron chi connectivity index (χ1n) is 10.6. The molecule has 9 heteroatoms. The van der Waals surface area contributed by atoms with Gasteiger partial charge in [-0.15, -0.1) is 0 Å². The molecule has 2 rings (SSSR count). The molecule has 1 aromatic carbocycles. The molecule has 1 atom stereocenters. The summed E-state index contributed by atoms with van der Waals surface area (Å²) in [6, 6.07) is 10.6. The van der Waals surface area contributed by atoms with Crippen molar-refractivity contribution in [3.8, 4) is 0 Å². The summed E-state index contributed by atoms with van der Waals surface area (Å²) in [5, 5.41) is 9.80. The molecule has 9 nitrogen and oxygen atoms in total. The molecule has 5 N–H and O–H groups in total. The van der Waals surface area contributed by atoms with Gasteiger partial charge < -0.3 is 31.2 Å². The minimum absolute atomic E-state index is 0.272. The molecule has 0 aliphatic rings. The summed E-state index contributed by atoms with van der Waals surface area (Å²) in [5.74, 6) is 1.62. The predicted octanol–water partition coefficient (Wildman–Crippen LogP) is 2.14. The van der Waals surface area contributed by atoms with Gasteiger partial charge in [0.05, 0.1) is 26.4 Å². The van der Waals surface area contributed by atoms with Crippen molar-refractivity contribution >= 4 is 17.8 Å². The molecule has 0 aliphatic carbocycles. The number of nitrogens with two attached hydrogens (primary N) is 1. The van der Waals surface area contributed by atoms with Crippen molar-refractivity contribution in [1.82, 2.24) is 15.0 Å². The second-order valence-corrected chi connectivity index (χ2v) is 6.86. The molecule has 0 saturated heterocycles. The average Bonchev–Trinajstić information content (AvgIpc) is 2.76. The van der Waals surface area contributed by atoms with Crippen LogP contribution in [0.1, 0.15) is 25.8 Å². The highest BCUT2D eigenvalue weighted by atomic mass is 16.5. The lowest BCUT2D eigenvalue weighted by Crippen LogP contribution is -2.20. The summed E-state index contributed by atoms with van der Waals surface area (Å²) < 4.78 is 10.8. The maximum atomic E-state index is 5.53. The van der Waals surface area contributed by atoms with Gasteiger partial charge in [-0.3, -0.25) is 0 Å². The molecule has 0 saturated carbocycles. The number of benzene rings is 1. The van der Waals surface area contributed by atoms with E-state index in [1.807, 2.05) is 18.2 Å². The first-order chi connectivity index (χ1) is 14.7. The van der Waals surface area contributed by atoms with Crippen molar-refractivity contribution in [3.05, 3.63) is 35.9 Å². The van der Waals surface area contributed by atoms with Gasteiger partial charge in [-0.25, -0.2) is 0 Å². The third-order valence-corrected chi connectivity index (χ3v) is 4.33. The Morgan fingerprint density at radius 1 is 0.867 bits per heavy atom. The monoisotopic (exact) mass is 417 g/mol. The van der Waals surface area contributed by atoms with Crippen molar-refractivity contribution < 1.29 is 9.47 Å². The Morgan fingerprint density at radius 2 is 1.50 bits per heavy atom. The number of nitrogens with one attached hydrogen (secondary N) is 3. The molecule has 166 valence electrons. The second-order valence-electron chi connectivity index (χ2n) is 6.86. The number of anilines is 3. The lowest BCUT2D eigenvalue weighted by atomic mass is 10.1. The number of hydrogen-bond acceptors (Lipinski definition) is 9. The average molecular weight is 418 g/mol. The number of nitrogens with zero attached hydrogens (tertiary/aromatic N) is 3. The summed E-state index contributed by atoms with van der Waals surface area (Å²) in [6.45, 7) is 8.23. The molecule has 1 heterocycles. The van der Waals surface area contributed by atoms with E-state index < -0.39 is 0 Å². The third-order valence-electron chi connectivity index (χ3n) is 4.33. The van der Waals surface area contributed by atoms with Crippen LogP contribution < -0.4 is 21.7 Å². The first-order valence-corrected chi connectivity index (χ1v) is 10.6. The zero-order valence-electron chi connectivity index (χ0n) is 18.1. The van der Waals surface area contributed by atoms with E-state index in [0.717, 1.165) is 19.4 Å². The van der Waals surface area contributed by atoms with E-state index in [1.165, 1.54) is 5.56 Å². The molecule has 30 heavy (non-hydrogen) atoms. The van der Waals surface area contributed by atoms with Gasteiger partial charge in [0.15, 0.2) is 0 Å². The zero-order chi connectivity index (χ0) is 21.4. The summed E-state index contributed by atoms with van der Waals surface area (Å²) in [5.41, 5.74) is 6.64. The van der Waals surface area contributed by atoms with Crippen LogP contribution in [-0.4, -0.2) is 67.1 Å². The van der Waals surface area contributed by atoms with Crippen LogP contribution >= 0.6 is 0 Å². The Kier molecular flexibility index (Phi) is 11.5. The summed E-state index contributed by atoms with van der Waals surface area (Å²) in [6.07, 6.45) is 1.87. The van der Waals surface area contributed by atoms with Crippen LogP contribution in [0.5, 0.6) is 0 Å². The van der Waals surface area contributed by atoms with Crippen molar-refractivity contribution in [2.24, 2.45) is 5.73 Å². The number of hydrogen-bond donors (Lipinski definition) is 4. The third kappa shape index (κ3) is 9.82. The molecular formula is C21H35N7O2. The van der Waals surface area contributed by atoms with E-state index >= 15 is 0 Å². The molecule has 0 aliphatic heterocycles. The smallest absolute Gasteiger partial charge is 0.229 e. The fourth-order valence-electron chi connectivity index (χ4n) is 2.52. The highest BCUT2D eigenvalue weighted by Crippen LogP contribution is 2.11. The van der Waals surface area contributed by atoms with Gasteiger partial charge in [0.1, 0.15) is 0 Å². The van der Waals surface area contributed by atoms with Gasteiger partial charge in [0.25, 0.3) is 0 Å². The topological polar surface area (TPSA) is 119 Å². The van der Waals surface area contributed by atoms with E-state index in [1.54, 1.807) is 0 Å². The quantitative estimate of drug-likeness (QED) is 0.305. The van der Waals surface area contributed by atoms with Crippen molar-refractivity contribution in [3.63, 3.8) is 0 Å². The summed E-state index contributed by atoms with van der Waals surface area (Å²) in [4.78, 5) is 13.4. The van der Waals surface area contributed by atoms with Gasteiger partial charge in [-0.2, -0.15) is 15.0 Å². The number of ether oxygens (including phenoxy) is 2. The Labute approximate surface area is 179 Å². The molecule has 0 spiro atoms. The second kappa shape index (κ2) is 14.5. The van der Waals surface area contributed by atoms with E-state index in [0.29, 0.717) is 57.4 Å². The van der Waals surface area contributed by atoms with Crippen molar-refractivity contribution in [1.29, 1.82) is 0 Å². The maximum Gasteiger partial charge on any atom is 0.229 e. The van der Waals surface area contributed by atoms with Crippen LogP contribution in [0.3, 0.4) is 0 Å². The van der Waals surface area contributed by atoms with Crippen LogP contribution in [0.15, 0.2) is 30.3 Å². The number of rotatable bonds is 16. The Balaban J connectivity index is 1.85. The minimum atomic E-state index is 0.272. The lowest BCUT2D eigenvalue weighted by molar-refractivity contribution is 0.0547. The minimum Gasteiger partial charge on any atom is -0.378 e. The fraction of sp³-hybridized carbons (Fsp3) is 0.571. The normalized spacial score (nSPS) is 11.8. The van der Waals surface area contributed by atoms with Crippen molar-refractivity contribution in [2.45, 2.75) is 32.7 Å². The maximum absolute atomic E-state index is 5.53. The molecule has 1 aromatic heterocycles. The lowest BCUT2D eigenvalue weighted by Gasteiger charge is -2.14. The predicted molar refractivity (Wildman–Crippen MR) is 121 cm³/mol. The highest BCUT2D eigenvalue weighted by molar-refractivity contribution is 5.42. The van der Waals surface area contributed by atoms with Crippen LogP contribution in [0.2, 0.25) is 0 Å². The molecule has 0 amide bonds. The van der Waals surface area contributed by atoms with Gasteiger partial charge in [-0.1, -0.05) is 37.3 Å². The SMILES string of the molecule is CCC(C)Nc1nc(NCCOCCOCCN)nc(NCCc2ccccc2)n1. The molecule has 0 radical (unpaired) electrons. The molecule has 1 unspecified atom stereocenters. The van der Waals surface area contributed by atoms with E-state index in [4.69, 9.17) is 15.2 Å². The van der Waals surface area contributed by atoms with Gasteiger partial charge in [0.2, 0.25) is 17.8 Å². The molecule has 0 fully saturated rings. The Bertz CT molecular complexity index is 703. The first kappa shape index (κ1) is 23.8. The number of aromatic nitrogens is 3. The molecular weight excluding hydrogens is 382 g/mol. The molecule has 2 aromatic rings. The standard InChI is InChI=1S/C21H35N7O2/c1-3-17(2)25-21-27-19(23-11-9-18-7-5-4-6-8-18)26-20(28-21)24-12-14-30-16-15-29-13-10-22/h4-8,17H,3,9-16,22H2,1-2H3,(H3,23,24,25,26,27,28). The van der Waals surface area contributed by atoms with Crippen LogP contribution in [0.4, 0.5) is 17.8 Å². The van der Waals surface area contributed by atoms with Gasteiger partial charge in [-0.05, 0) is 25.3 Å². The zero-order valence-corrected chi connectivity index (χ0v) is 18.1. The van der Waals surface area contributed by atoms with Crippen LogP contribution in [-0.2, 0) is 15.9 Å². The fourth-order valence-corrected chi connectivity index (χ4v) is 2.52.